The number of hydrogen-bond acceptors (Lipinski definition) is 5. The number of amides is 2. The molecule has 1 saturated heterocycles. The van der Waals surface area contributed by atoms with Gasteiger partial charge >= 0.3 is 0 Å². The van der Waals surface area contributed by atoms with Crippen molar-refractivity contribution in [1.82, 2.24) is 19.8 Å². The lowest BCUT2D eigenvalue weighted by Gasteiger charge is -2.36. The number of aromatic nitrogens is 2. The summed E-state index contributed by atoms with van der Waals surface area (Å²) < 4.78 is 0. The number of piperazine rings is 1. The predicted octanol–water partition coefficient (Wildman–Crippen LogP) is 2.72. The Morgan fingerprint density at radius 3 is 2.59 bits per heavy atom. The first-order valence-corrected chi connectivity index (χ1v) is 10.3. The third-order valence-corrected chi connectivity index (χ3v) is 5.20. The Labute approximate surface area is 176 Å². The van der Waals surface area contributed by atoms with Crippen LogP contribution in [0.5, 0.6) is 0 Å². The number of halogens is 1. The first kappa shape index (κ1) is 21.0. The average molecular weight is 416 g/mol. The van der Waals surface area contributed by atoms with Crippen LogP contribution in [-0.2, 0) is 4.79 Å². The molecule has 0 aliphatic carbocycles. The third-order valence-electron chi connectivity index (χ3n) is 4.96. The van der Waals surface area contributed by atoms with E-state index in [1.165, 1.54) is 18.6 Å². The molecule has 8 heteroatoms. The fourth-order valence-corrected chi connectivity index (χ4v) is 3.62. The van der Waals surface area contributed by atoms with E-state index in [1.807, 2.05) is 36.1 Å². The van der Waals surface area contributed by atoms with Gasteiger partial charge in [0.1, 0.15) is 5.69 Å². The highest BCUT2D eigenvalue weighted by atomic mass is 35.5. The standard InChI is InChI=1S/C21H26ClN5O2/c1-2-9-27(21(29)19-16-23-7-8-24-19)10-6-20(28)26-13-11-25(12-14-26)18-5-3-4-17(22)15-18/h3-5,7-8,15-16H,2,6,9-14H2,1H3. The van der Waals surface area contributed by atoms with Crippen LogP contribution < -0.4 is 4.90 Å². The van der Waals surface area contributed by atoms with Crippen molar-refractivity contribution in [3.05, 3.63) is 53.6 Å². The van der Waals surface area contributed by atoms with Crippen molar-refractivity contribution >= 4 is 29.1 Å². The summed E-state index contributed by atoms with van der Waals surface area (Å²) in [6, 6.07) is 7.77. The van der Waals surface area contributed by atoms with Crippen molar-refractivity contribution in [3.8, 4) is 0 Å². The van der Waals surface area contributed by atoms with Crippen molar-refractivity contribution in [3.63, 3.8) is 0 Å². The molecule has 1 aliphatic heterocycles. The summed E-state index contributed by atoms with van der Waals surface area (Å²) in [7, 11) is 0. The third kappa shape index (κ3) is 5.67. The Hall–Kier alpha value is -2.67. The molecule has 0 radical (unpaired) electrons. The van der Waals surface area contributed by atoms with Crippen molar-refractivity contribution in [2.24, 2.45) is 0 Å². The van der Waals surface area contributed by atoms with Crippen molar-refractivity contribution in [2.45, 2.75) is 19.8 Å². The lowest BCUT2D eigenvalue weighted by molar-refractivity contribution is -0.131. The van der Waals surface area contributed by atoms with Crippen molar-refractivity contribution < 1.29 is 9.59 Å². The fourth-order valence-electron chi connectivity index (χ4n) is 3.43. The first-order valence-electron chi connectivity index (χ1n) is 9.92. The molecule has 29 heavy (non-hydrogen) atoms. The molecule has 0 bridgehead atoms. The van der Waals surface area contributed by atoms with Gasteiger partial charge in [-0.05, 0) is 24.6 Å². The molecule has 7 nitrogen and oxygen atoms in total. The van der Waals surface area contributed by atoms with E-state index >= 15 is 0 Å². The lowest BCUT2D eigenvalue weighted by Crippen LogP contribution is -2.49. The zero-order chi connectivity index (χ0) is 20.6. The largest absolute Gasteiger partial charge is 0.368 e. The molecule has 2 aromatic rings. The van der Waals surface area contributed by atoms with Crippen LogP contribution in [0, 0.1) is 0 Å². The van der Waals surface area contributed by atoms with Crippen LogP contribution in [0.4, 0.5) is 5.69 Å². The first-order chi connectivity index (χ1) is 14.1. The summed E-state index contributed by atoms with van der Waals surface area (Å²) in [5.41, 5.74) is 1.39. The summed E-state index contributed by atoms with van der Waals surface area (Å²) in [5.74, 6) is -0.109. The number of nitrogens with zero attached hydrogens (tertiary/aromatic N) is 5. The van der Waals surface area contributed by atoms with Gasteiger partial charge in [-0.2, -0.15) is 0 Å². The molecule has 3 rings (SSSR count). The monoisotopic (exact) mass is 415 g/mol. The van der Waals surface area contributed by atoms with Crippen LogP contribution in [0.25, 0.3) is 0 Å². The lowest BCUT2D eigenvalue weighted by atomic mass is 10.2. The Kier molecular flexibility index (Phi) is 7.41. The van der Waals surface area contributed by atoms with Gasteiger partial charge in [0, 0.05) is 68.8 Å². The highest BCUT2D eigenvalue weighted by Crippen LogP contribution is 2.21. The smallest absolute Gasteiger partial charge is 0.274 e. The van der Waals surface area contributed by atoms with Gasteiger partial charge in [0.2, 0.25) is 5.91 Å². The quantitative estimate of drug-likeness (QED) is 0.695. The van der Waals surface area contributed by atoms with E-state index in [-0.39, 0.29) is 11.8 Å². The maximum absolute atomic E-state index is 12.7. The Balaban J connectivity index is 1.51. The zero-order valence-corrected chi connectivity index (χ0v) is 17.4. The molecule has 154 valence electrons. The Morgan fingerprint density at radius 1 is 1.14 bits per heavy atom. The average Bonchev–Trinajstić information content (AvgIpc) is 2.76. The minimum atomic E-state index is -0.182. The molecule has 0 atom stereocenters. The molecule has 0 spiro atoms. The fraction of sp³-hybridized carbons (Fsp3) is 0.429. The number of hydrogen-bond donors (Lipinski definition) is 0. The highest BCUT2D eigenvalue weighted by Gasteiger charge is 2.23. The second kappa shape index (κ2) is 10.2. The number of rotatable bonds is 7. The van der Waals surface area contributed by atoms with E-state index in [4.69, 9.17) is 11.6 Å². The maximum atomic E-state index is 12.7. The van der Waals surface area contributed by atoms with Crippen LogP contribution in [0.15, 0.2) is 42.9 Å². The second-order valence-electron chi connectivity index (χ2n) is 6.98. The summed E-state index contributed by atoms with van der Waals surface area (Å²) in [6.07, 6.45) is 5.62. The number of carbonyl (C=O) groups is 2. The molecule has 1 aromatic heterocycles. The highest BCUT2D eigenvalue weighted by molar-refractivity contribution is 6.30. The van der Waals surface area contributed by atoms with Crippen LogP contribution in [0.1, 0.15) is 30.3 Å². The van der Waals surface area contributed by atoms with Gasteiger partial charge in [0.05, 0.1) is 6.20 Å². The minimum absolute atomic E-state index is 0.0730. The van der Waals surface area contributed by atoms with Gasteiger partial charge in [-0.3, -0.25) is 14.6 Å². The van der Waals surface area contributed by atoms with Gasteiger partial charge < -0.3 is 14.7 Å². The Morgan fingerprint density at radius 2 is 1.93 bits per heavy atom. The SMILES string of the molecule is CCCN(CCC(=O)N1CCN(c2cccc(Cl)c2)CC1)C(=O)c1cnccn1. The van der Waals surface area contributed by atoms with Crippen LogP contribution >= 0.6 is 11.6 Å². The van der Waals surface area contributed by atoms with Gasteiger partial charge in [-0.25, -0.2) is 4.98 Å². The topological polar surface area (TPSA) is 69.6 Å². The molecule has 1 aliphatic rings. The van der Waals surface area contributed by atoms with Crippen molar-refractivity contribution in [2.75, 3.05) is 44.2 Å². The zero-order valence-electron chi connectivity index (χ0n) is 16.6. The molecule has 1 aromatic carbocycles. The maximum Gasteiger partial charge on any atom is 0.274 e. The molecule has 2 heterocycles. The molecular weight excluding hydrogens is 390 g/mol. The van der Waals surface area contributed by atoms with E-state index in [0.29, 0.717) is 43.3 Å². The molecule has 2 amide bonds. The van der Waals surface area contributed by atoms with Gasteiger partial charge in [-0.1, -0.05) is 24.6 Å². The summed E-state index contributed by atoms with van der Waals surface area (Å²) in [4.78, 5) is 39.1. The van der Waals surface area contributed by atoms with Gasteiger partial charge in [0.25, 0.3) is 5.91 Å². The normalized spacial score (nSPS) is 14.0. The van der Waals surface area contributed by atoms with Crippen molar-refractivity contribution in [1.29, 1.82) is 0 Å². The molecule has 0 unspecified atom stereocenters. The van der Waals surface area contributed by atoms with Gasteiger partial charge in [0.15, 0.2) is 0 Å². The Bertz CT molecular complexity index is 825. The van der Waals surface area contributed by atoms with E-state index < -0.39 is 0 Å². The van der Waals surface area contributed by atoms with E-state index in [2.05, 4.69) is 14.9 Å². The van der Waals surface area contributed by atoms with Crippen LogP contribution in [-0.4, -0.2) is 70.9 Å². The van der Waals surface area contributed by atoms with E-state index in [1.54, 1.807) is 4.90 Å². The van der Waals surface area contributed by atoms with E-state index in [0.717, 1.165) is 25.2 Å². The second-order valence-corrected chi connectivity index (χ2v) is 7.42. The van der Waals surface area contributed by atoms with Crippen LogP contribution in [0.2, 0.25) is 5.02 Å². The molecule has 0 N–H and O–H groups in total. The minimum Gasteiger partial charge on any atom is -0.368 e. The van der Waals surface area contributed by atoms with E-state index in [9.17, 15) is 9.59 Å². The number of carbonyl (C=O) groups excluding carboxylic acids is 2. The summed E-state index contributed by atoms with van der Waals surface area (Å²) >= 11 is 6.08. The molecule has 0 saturated carbocycles. The number of anilines is 1. The number of benzene rings is 1. The van der Waals surface area contributed by atoms with Gasteiger partial charge in [-0.15, -0.1) is 0 Å². The molecular formula is C21H26ClN5O2. The summed E-state index contributed by atoms with van der Waals surface area (Å²) in [6.45, 7) is 5.84. The summed E-state index contributed by atoms with van der Waals surface area (Å²) in [5, 5.41) is 0.713. The molecule has 1 fully saturated rings. The van der Waals surface area contributed by atoms with Crippen LogP contribution in [0.3, 0.4) is 0 Å². The predicted molar refractivity (Wildman–Crippen MR) is 113 cm³/mol.